The molecule has 0 aliphatic carbocycles. The molecule has 0 spiro atoms. The van der Waals surface area contributed by atoms with Gasteiger partial charge in [-0.1, -0.05) is 13.8 Å². The molecule has 1 N–H and O–H groups in total. The summed E-state index contributed by atoms with van der Waals surface area (Å²) in [6, 6.07) is 0. The van der Waals surface area contributed by atoms with Crippen molar-refractivity contribution in [3.05, 3.63) is 17.5 Å². The van der Waals surface area contributed by atoms with E-state index >= 15 is 0 Å². The van der Waals surface area contributed by atoms with Gasteiger partial charge in [0.05, 0.1) is 6.20 Å². The van der Waals surface area contributed by atoms with Gasteiger partial charge in [-0.2, -0.15) is 5.10 Å². The molecule has 0 bridgehead atoms. The van der Waals surface area contributed by atoms with Gasteiger partial charge in [0.1, 0.15) is 0 Å². The molecule has 1 heterocycles. The molecule has 1 unspecified atom stereocenters. The zero-order chi connectivity index (χ0) is 12.5. The number of carboxylic acids is 1. The van der Waals surface area contributed by atoms with Crippen molar-refractivity contribution < 1.29 is 14.6 Å². The Kier molecular flexibility index (Phi) is 3.38. The maximum atomic E-state index is 11.1. The van der Waals surface area contributed by atoms with Gasteiger partial charge in [-0.25, -0.2) is 4.79 Å². The van der Waals surface area contributed by atoms with E-state index in [1.807, 2.05) is 20.8 Å². The Morgan fingerprint density at radius 1 is 1.62 bits per heavy atom. The van der Waals surface area contributed by atoms with Gasteiger partial charge in [-0.15, -0.1) is 0 Å². The average molecular weight is 226 g/mol. The van der Waals surface area contributed by atoms with E-state index in [9.17, 15) is 4.79 Å². The first kappa shape index (κ1) is 12.7. The second kappa shape index (κ2) is 4.25. The smallest absolute Gasteiger partial charge is 0.333 e. The van der Waals surface area contributed by atoms with E-state index in [0.29, 0.717) is 0 Å². The number of rotatable bonds is 4. The summed E-state index contributed by atoms with van der Waals surface area (Å²) in [5, 5.41) is 13.3. The zero-order valence-electron chi connectivity index (χ0n) is 10.3. The molecule has 1 rings (SSSR count). The fraction of sp³-hybridized carbons (Fsp3) is 0.636. The lowest BCUT2D eigenvalue weighted by molar-refractivity contribution is -0.152. The lowest BCUT2D eigenvalue weighted by atomic mass is 9.81. The van der Waals surface area contributed by atoms with Crippen LogP contribution in [-0.2, 0) is 22.0 Å². The third-order valence-corrected chi connectivity index (χ3v) is 2.85. The molecule has 0 amide bonds. The predicted octanol–water partition coefficient (Wildman–Crippen LogP) is 1.11. The molecule has 5 heteroatoms. The largest absolute Gasteiger partial charge is 0.479 e. The number of aromatic nitrogens is 2. The van der Waals surface area contributed by atoms with Crippen molar-refractivity contribution in [1.29, 1.82) is 0 Å². The normalized spacial score (nSPS) is 13.8. The molecule has 0 saturated carbocycles. The molecule has 0 aliphatic rings. The lowest BCUT2D eigenvalue weighted by Crippen LogP contribution is -2.43. The van der Waals surface area contributed by atoms with Gasteiger partial charge in [0.15, 0.2) is 6.10 Å². The summed E-state index contributed by atoms with van der Waals surface area (Å²) in [5.41, 5.74) is 1.22. The number of ether oxygens (including phenoxy) is 1. The molecule has 0 aliphatic heterocycles. The first-order valence-electron chi connectivity index (χ1n) is 5.07. The Morgan fingerprint density at radius 2 is 2.19 bits per heavy atom. The van der Waals surface area contributed by atoms with Gasteiger partial charge >= 0.3 is 5.97 Å². The molecular weight excluding hydrogens is 208 g/mol. The molecule has 1 aromatic rings. The second-order valence-electron chi connectivity index (χ2n) is 4.48. The Morgan fingerprint density at radius 3 is 2.50 bits per heavy atom. The van der Waals surface area contributed by atoms with Crippen molar-refractivity contribution in [3.8, 4) is 0 Å². The lowest BCUT2D eigenvalue weighted by Gasteiger charge is -2.31. The zero-order valence-corrected chi connectivity index (χ0v) is 10.3. The Bertz CT molecular complexity index is 376. The molecule has 1 aromatic heterocycles. The summed E-state index contributed by atoms with van der Waals surface area (Å²) in [6.07, 6.45) is 0.840. The number of aryl methyl sites for hydroxylation is 2. The number of hydrogen-bond acceptors (Lipinski definition) is 3. The van der Waals surface area contributed by atoms with Gasteiger partial charge < -0.3 is 9.84 Å². The van der Waals surface area contributed by atoms with E-state index < -0.39 is 17.5 Å². The van der Waals surface area contributed by atoms with Crippen LogP contribution in [0.1, 0.15) is 25.1 Å². The molecule has 0 radical (unpaired) electrons. The number of methoxy groups -OCH3 is 1. The minimum absolute atomic E-state index is 0.629. The molecule has 90 valence electrons. The summed E-state index contributed by atoms with van der Waals surface area (Å²) >= 11 is 0. The van der Waals surface area contributed by atoms with Crippen molar-refractivity contribution in [1.82, 2.24) is 9.78 Å². The minimum Gasteiger partial charge on any atom is -0.479 e. The number of hydrogen-bond donors (Lipinski definition) is 1. The maximum Gasteiger partial charge on any atom is 0.333 e. The van der Waals surface area contributed by atoms with E-state index in [1.165, 1.54) is 7.11 Å². The molecular formula is C11H18N2O3. The van der Waals surface area contributed by atoms with E-state index in [0.717, 1.165) is 11.3 Å². The van der Waals surface area contributed by atoms with Gasteiger partial charge in [-0.05, 0) is 12.5 Å². The van der Waals surface area contributed by atoms with E-state index in [-0.39, 0.29) is 0 Å². The van der Waals surface area contributed by atoms with Crippen molar-refractivity contribution in [2.24, 2.45) is 7.05 Å². The highest BCUT2D eigenvalue weighted by atomic mass is 16.5. The molecule has 0 aromatic carbocycles. The Hall–Kier alpha value is -1.36. The first-order valence-corrected chi connectivity index (χ1v) is 5.07. The van der Waals surface area contributed by atoms with Crippen LogP contribution in [0.2, 0.25) is 0 Å². The fourth-order valence-electron chi connectivity index (χ4n) is 2.30. The molecule has 5 nitrogen and oxygen atoms in total. The molecule has 16 heavy (non-hydrogen) atoms. The van der Waals surface area contributed by atoms with Crippen LogP contribution in [0.5, 0.6) is 0 Å². The van der Waals surface area contributed by atoms with Crippen molar-refractivity contribution in [2.45, 2.75) is 32.3 Å². The van der Waals surface area contributed by atoms with Crippen molar-refractivity contribution in [3.63, 3.8) is 0 Å². The standard InChI is InChI=1S/C11H18N2O3/c1-7-6-12-13(4)8(7)11(2,3)9(16-5)10(14)15/h6,9H,1-5H3,(H,14,15). The van der Waals surface area contributed by atoms with Crippen LogP contribution in [0.3, 0.4) is 0 Å². The quantitative estimate of drug-likeness (QED) is 0.835. The summed E-state index contributed by atoms with van der Waals surface area (Å²) in [4.78, 5) is 11.1. The molecule has 0 saturated heterocycles. The Balaban J connectivity index is 3.24. The van der Waals surface area contributed by atoms with Crippen LogP contribution < -0.4 is 0 Å². The van der Waals surface area contributed by atoms with Crippen LogP contribution in [0, 0.1) is 6.92 Å². The third-order valence-electron chi connectivity index (χ3n) is 2.85. The van der Waals surface area contributed by atoms with Crippen LogP contribution in [0.4, 0.5) is 0 Å². The molecule has 0 fully saturated rings. The summed E-state index contributed by atoms with van der Waals surface area (Å²) in [5.74, 6) is -0.965. The highest BCUT2D eigenvalue weighted by molar-refractivity contribution is 5.74. The number of aliphatic carboxylic acids is 1. The fourth-order valence-corrected chi connectivity index (χ4v) is 2.30. The third kappa shape index (κ3) is 1.95. The second-order valence-corrected chi connectivity index (χ2v) is 4.48. The van der Waals surface area contributed by atoms with Crippen LogP contribution in [0.25, 0.3) is 0 Å². The van der Waals surface area contributed by atoms with Crippen LogP contribution in [-0.4, -0.2) is 34.1 Å². The maximum absolute atomic E-state index is 11.1. The van der Waals surface area contributed by atoms with Gasteiger partial charge in [0.2, 0.25) is 0 Å². The number of carboxylic acid groups (broad SMARTS) is 1. The minimum atomic E-state index is -0.965. The monoisotopic (exact) mass is 226 g/mol. The van der Waals surface area contributed by atoms with Crippen molar-refractivity contribution in [2.75, 3.05) is 7.11 Å². The Labute approximate surface area is 95.0 Å². The average Bonchev–Trinajstić information content (AvgIpc) is 2.46. The van der Waals surface area contributed by atoms with E-state index in [1.54, 1.807) is 17.9 Å². The van der Waals surface area contributed by atoms with Crippen LogP contribution >= 0.6 is 0 Å². The summed E-state index contributed by atoms with van der Waals surface area (Å²) < 4.78 is 6.77. The number of nitrogens with zero attached hydrogens (tertiary/aromatic N) is 2. The SMILES string of the molecule is COC(C(=O)O)C(C)(C)c1c(C)cnn1C. The predicted molar refractivity (Wildman–Crippen MR) is 59.4 cm³/mol. The first-order chi connectivity index (χ1) is 7.32. The van der Waals surface area contributed by atoms with Crippen LogP contribution in [0.15, 0.2) is 6.20 Å². The highest BCUT2D eigenvalue weighted by Gasteiger charge is 2.40. The van der Waals surface area contributed by atoms with E-state index in [2.05, 4.69) is 5.10 Å². The van der Waals surface area contributed by atoms with Crippen molar-refractivity contribution >= 4 is 5.97 Å². The number of carbonyl (C=O) groups is 1. The highest BCUT2D eigenvalue weighted by Crippen LogP contribution is 2.30. The van der Waals surface area contributed by atoms with Gasteiger partial charge in [0, 0.05) is 25.3 Å². The van der Waals surface area contributed by atoms with E-state index in [4.69, 9.17) is 9.84 Å². The topological polar surface area (TPSA) is 64.3 Å². The van der Waals surface area contributed by atoms with Gasteiger partial charge in [0.25, 0.3) is 0 Å². The summed E-state index contributed by atoms with van der Waals surface area (Å²) in [7, 11) is 3.21. The molecule has 1 atom stereocenters. The summed E-state index contributed by atoms with van der Waals surface area (Å²) in [6.45, 7) is 5.61. The van der Waals surface area contributed by atoms with Gasteiger partial charge in [-0.3, -0.25) is 4.68 Å².